The van der Waals surface area contributed by atoms with Gasteiger partial charge in [-0.25, -0.2) is 0 Å². The van der Waals surface area contributed by atoms with Crippen LogP contribution >= 0.6 is 90.4 Å². The molecule has 0 aliphatic carbocycles. The van der Waals surface area contributed by atoms with E-state index in [2.05, 4.69) is 90.4 Å². The van der Waals surface area contributed by atoms with Crippen molar-refractivity contribution in [1.29, 1.82) is 0 Å². The highest BCUT2D eigenvalue weighted by molar-refractivity contribution is 14.1. The van der Waals surface area contributed by atoms with Crippen molar-refractivity contribution in [2.45, 2.75) is 0 Å². The molecule has 104 valence electrons. The van der Waals surface area contributed by atoms with Crippen LogP contribution in [0.15, 0.2) is 24.3 Å². The van der Waals surface area contributed by atoms with Gasteiger partial charge in [0.2, 0.25) is 0 Å². The van der Waals surface area contributed by atoms with Crippen molar-refractivity contribution >= 4 is 96.6 Å². The Balaban J connectivity index is 2.42. The van der Waals surface area contributed by atoms with Gasteiger partial charge in [-0.05, 0) is 115 Å². The van der Waals surface area contributed by atoms with Crippen LogP contribution in [0.4, 0.5) is 0 Å². The molecule has 0 bridgehead atoms. The zero-order chi connectivity index (χ0) is 14.9. The van der Waals surface area contributed by atoms with Crippen LogP contribution in [0, 0.1) is 14.3 Å². The molecule has 0 radical (unpaired) electrons. The van der Waals surface area contributed by atoms with Crippen molar-refractivity contribution in [3.05, 3.63) is 44.1 Å². The number of hydrogen-bond acceptors (Lipinski definition) is 3. The molecule has 2 aromatic carbocycles. The third-order valence-corrected chi connectivity index (χ3v) is 5.61. The summed E-state index contributed by atoms with van der Waals surface area (Å²) in [5.74, 6) is 1.64. The molecule has 20 heavy (non-hydrogen) atoms. The third kappa shape index (κ3) is 3.88. The summed E-state index contributed by atoms with van der Waals surface area (Å²) in [6.07, 6.45) is 0.820. The van der Waals surface area contributed by atoms with Crippen molar-refractivity contribution in [2.75, 3.05) is 0 Å². The summed E-state index contributed by atoms with van der Waals surface area (Å²) in [6, 6.07) is 7.11. The highest BCUT2D eigenvalue weighted by Gasteiger charge is 2.12. The molecule has 0 saturated carbocycles. The molecule has 1 N–H and O–H groups in total. The average Bonchev–Trinajstić information content (AvgIpc) is 2.39. The molecule has 0 unspecified atom stereocenters. The van der Waals surface area contributed by atoms with Gasteiger partial charge in [0.05, 0.1) is 14.3 Å². The van der Waals surface area contributed by atoms with Crippen LogP contribution in [-0.4, -0.2) is 11.4 Å². The monoisotopic (exact) mass is 718 g/mol. The maximum Gasteiger partial charge on any atom is 0.154 e. The van der Waals surface area contributed by atoms with E-state index in [0.717, 1.165) is 20.6 Å². The zero-order valence-corrected chi connectivity index (χ0v) is 18.3. The highest BCUT2D eigenvalue weighted by Crippen LogP contribution is 2.36. The highest BCUT2D eigenvalue weighted by atomic mass is 127. The van der Waals surface area contributed by atoms with Gasteiger partial charge < -0.3 is 9.84 Å². The average molecular weight is 718 g/mol. The largest absolute Gasteiger partial charge is 0.506 e. The fourth-order valence-corrected chi connectivity index (χ4v) is 5.21. The first-order valence-corrected chi connectivity index (χ1v) is 9.54. The second-order valence-corrected chi connectivity index (χ2v) is 8.42. The van der Waals surface area contributed by atoms with Gasteiger partial charge in [0.15, 0.2) is 5.75 Å². The van der Waals surface area contributed by atoms with E-state index in [1.54, 1.807) is 24.3 Å². The van der Waals surface area contributed by atoms with Crippen LogP contribution in [0.1, 0.15) is 10.4 Å². The van der Waals surface area contributed by atoms with Gasteiger partial charge in [-0.1, -0.05) is 0 Å². The van der Waals surface area contributed by atoms with Crippen LogP contribution in [-0.2, 0) is 0 Å². The standard InChI is InChI=1S/C13H6I4O3/c14-8-3-7(4-9(15)12(8)19)20-13-10(16)1-6(5-18)2-11(13)17/h1-5,19H. The lowest BCUT2D eigenvalue weighted by atomic mass is 10.2. The maximum atomic E-state index is 10.8. The van der Waals surface area contributed by atoms with Crippen LogP contribution in [0.5, 0.6) is 17.2 Å². The van der Waals surface area contributed by atoms with Gasteiger partial charge in [0, 0.05) is 5.56 Å². The van der Waals surface area contributed by atoms with E-state index in [-0.39, 0.29) is 5.75 Å². The predicted molar refractivity (Wildman–Crippen MR) is 111 cm³/mol. The summed E-state index contributed by atoms with van der Waals surface area (Å²) in [5.41, 5.74) is 0.626. The minimum absolute atomic E-state index is 0.263. The number of rotatable bonds is 3. The van der Waals surface area contributed by atoms with Gasteiger partial charge in [-0.3, -0.25) is 4.79 Å². The molecule has 0 fully saturated rings. The SMILES string of the molecule is O=Cc1cc(I)c(Oc2cc(I)c(O)c(I)c2)c(I)c1. The van der Waals surface area contributed by atoms with Crippen molar-refractivity contribution in [1.82, 2.24) is 0 Å². The Labute approximate surface area is 170 Å². The number of aldehydes is 1. The normalized spacial score (nSPS) is 10.4. The lowest BCUT2D eigenvalue weighted by Crippen LogP contribution is -1.94. The summed E-state index contributed by atoms with van der Waals surface area (Å²) >= 11 is 8.41. The first kappa shape index (κ1) is 17.0. The van der Waals surface area contributed by atoms with Gasteiger partial charge in [0.1, 0.15) is 17.8 Å². The quantitative estimate of drug-likeness (QED) is 0.341. The minimum Gasteiger partial charge on any atom is -0.506 e. The van der Waals surface area contributed by atoms with Gasteiger partial charge in [-0.2, -0.15) is 0 Å². The molecule has 0 heterocycles. The van der Waals surface area contributed by atoms with Gasteiger partial charge >= 0.3 is 0 Å². The lowest BCUT2D eigenvalue weighted by Gasteiger charge is -2.12. The van der Waals surface area contributed by atoms with E-state index in [1.807, 2.05) is 0 Å². The Morgan fingerprint density at radius 2 is 1.40 bits per heavy atom. The Bertz CT molecular complexity index is 639. The molecule has 2 rings (SSSR count). The summed E-state index contributed by atoms with van der Waals surface area (Å²) < 4.78 is 9.12. The lowest BCUT2D eigenvalue weighted by molar-refractivity contribution is 0.112. The van der Waals surface area contributed by atoms with E-state index in [1.165, 1.54) is 0 Å². The smallest absolute Gasteiger partial charge is 0.154 e. The molecule has 3 nitrogen and oxygen atoms in total. The van der Waals surface area contributed by atoms with Crippen molar-refractivity contribution in [3.63, 3.8) is 0 Å². The topological polar surface area (TPSA) is 46.5 Å². The molecule has 0 aromatic heterocycles. The Kier molecular flexibility index (Phi) is 6.17. The summed E-state index contributed by atoms with van der Waals surface area (Å²) in [7, 11) is 0. The molecular formula is C13H6I4O3. The number of aromatic hydroxyl groups is 1. The Morgan fingerprint density at radius 1 is 0.900 bits per heavy atom. The number of carbonyl (C=O) groups is 1. The Morgan fingerprint density at radius 3 is 1.85 bits per heavy atom. The van der Waals surface area contributed by atoms with Crippen molar-refractivity contribution in [3.8, 4) is 17.2 Å². The number of benzene rings is 2. The first-order valence-electron chi connectivity index (χ1n) is 5.22. The second kappa shape index (κ2) is 7.26. The van der Waals surface area contributed by atoms with E-state index in [9.17, 15) is 9.90 Å². The van der Waals surface area contributed by atoms with E-state index >= 15 is 0 Å². The van der Waals surface area contributed by atoms with Crippen LogP contribution in [0.25, 0.3) is 0 Å². The molecule has 7 heteroatoms. The molecule has 0 aliphatic heterocycles. The zero-order valence-electron chi connectivity index (χ0n) is 9.66. The maximum absolute atomic E-state index is 10.8. The van der Waals surface area contributed by atoms with E-state index < -0.39 is 0 Å². The fraction of sp³-hybridized carbons (Fsp3) is 0. The molecule has 0 spiro atoms. The van der Waals surface area contributed by atoms with Crippen LogP contribution < -0.4 is 4.74 Å². The minimum atomic E-state index is 0.263. The molecule has 0 atom stereocenters. The number of carbonyl (C=O) groups excluding carboxylic acids is 1. The van der Waals surface area contributed by atoms with E-state index in [4.69, 9.17) is 4.74 Å². The number of halogens is 4. The molecular weight excluding hydrogens is 712 g/mol. The molecule has 2 aromatic rings. The molecule has 0 amide bonds. The third-order valence-electron chi connectivity index (χ3n) is 2.37. The molecule has 0 aliphatic rings. The van der Waals surface area contributed by atoms with Gasteiger partial charge in [0.25, 0.3) is 0 Å². The summed E-state index contributed by atoms with van der Waals surface area (Å²) in [5, 5.41) is 9.76. The van der Waals surface area contributed by atoms with Crippen LogP contribution in [0.3, 0.4) is 0 Å². The van der Waals surface area contributed by atoms with Crippen LogP contribution in [0.2, 0.25) is 0 Å². The summed E-state index contributed by atoms with van der Waals surface area (Å²) in [4.78, 5) is 10.8. The summed E-state index contributed by atoms with van der Waals surface area (Å²) in [6.45, 7) is 0. The second-order valence-electron chi connectivity index (χ2n) is 3.77. The number of ether oxygens (including phenoxy) is 1. The number of hydrogen-bond donors (Lipinski definition) is 1. The number of phenols is 1. The fourth-order valence-electron chi connectivity index (χ4n) is 1.46. The first-order chi connectivity index (χ1) is 9.42. The number of phenolic OH excluding ortho intramolecular Hbond substituents is 1. The predicted octanol–water partition coefficient (Wildman–Crippen LogP) is 5.42. The van der Waals surface area contributed by atoms with Gasteiger partial charge in [-0.15, -0.1) is 0 Å². The Hall–Kier alpha value is 0.630. The van der Waals surface area contributed by atoms with E-state index in [0.29, 0.717) is 17.1 Å². The van der Waals surface area contributed by atoms with Crippen molar-refractivity contribution in [2.24, 2.45) is 0 Å². The van der Waals surface area contributed by atoms with Crippen molar-refractivity contribution < 1.29 is 14.6 Å². The molecule has 0 saturated heterocycles.